The van der Waals surface area contributed by atoms with Gasteiger partial charge in [-0.1, -0.05) is 24.6 Å². The van der Waals surface area contributed by atoms with E-state index < -0.39 is 0 Å². The lowest BCUT2D eigenvalue weighted by Crippen LogP contribution is -2.39. The first-order valence-corrected chi connectivity index (χ1v) is 7.80. The Labute approximate surface area is 121 Å². The summed E-state index contributed by atoms with van der Waals surface area (Å²) in [7, 11) is 0. The fourth-order valence-electron chi connectivity index (χ4n) is 3.02. The number of anilines is 1. The Hall–Kier alpha value is -0.730. The molecular weight excluding hydrogens is 256 g/mol. The minimum atomic E-state index is 0.181. The van der Waals surface area contributed by atoms with Gasteiger partial charge in [0.25, 0.3) is 0 Å². The second-order valence-corrected chi connectivity index (χ2v) is 6.13. The molecule has 2 N–H and O–H groups in total. The quantitative estimate of drug-likeness (QED) is 0.903. The molecule has 2 unspecified atom stereocenters. The third-order valence-electron chi connectivity index (χ3n) is 3.98. The number of hydrogen-bond donors (Lipinski definition) is 1. The van der Waals surface area contributed by atoms with Crippen molar-refractivity contribution in [2.45, 2.75) is 58.0 Å². The predicted octanol–water partition coefficient (Wildman–Crippen LogP) is 4.00. The Morgan fingerprint density at radius 1 is 1.42 bits per heavy atom. The molecule has 0 aromatic heterocycles. The van der Waals surface area contributed by atoms with Gasteiger partial charge in [0, 0.05) is 18.6 Å². The van der Waals surface area contributed by atoms with E-state index in [1.165, 1.54) is 36.9 Å². The van der Waals surface area contributed by atoms with Gasteiger partial charge in [-0.15, -0.1) is 0 Å². The molecule has 19 heavy (non-hydrogen) atoms. The Balaban J connectivity index is 2.19. The van der Waals surface area contributed by atoms with Crippen molar-refractivity contribution in [3.63, 3.8) is 0 Å². The number of nitrogens with two attached hydrogens (primary N) is 1. The van der Waals surface area contributed by atoms with Gasteiger partial charge in [-0.3, -0.25) is 0 Å². The highest BCUT2D eigenvalue weighted by Gasteiger charge is 2.22. The summed E-state index contributed by atoms with van der Waals surface area (Å²) in [5.74, 6) is 0. The van der Waals surface area contributed by atoms with Gasteiger partial charge < -0.3 is 10.6 Å². The number of piperidine rings is 1. The zero-order valence-electron chi connectivity index (χ0n) is 12.0. The van der Waals surface area contributed by atoms with Crippen LogP contribution in [0.5, 0.6) is 0 Å². The van der Waals surface area contributed by atoms with Crippen LogP contribution in [0.25, 0.3) is 0 Å². The zero-order chi connectivity index (χ0) is 13.8. The van der Waals surface area contributed by atoms with Crippen LogP contribution < -0.4 is 10.6 Å². The van der Waals surface area contributed by atoms with Crippen LogP contribution >= 0.6 is 11.6 Å². The standard InChI is InChI=1S/C16H25ClN2/c1-3-14-6-4-5-9-19(14)16-8-7-13(10-12(2)18)11-15(16)17/h7-8,11-12,14H,3-6,9-10,18H2,1-2H3. The molecule has 106 valence electrons. The first kappa shape index (κ1) is 14.7. The third-order valence-corrected chi connectivity index (χ3v) is 4.28. The van der Waals surface area contributed by atoms with Gasteiger partial charge in [-0.2, -0.15) is 0 Å². The molecule has 3 heteroatoms. The highest BCUT2D eigenvalue weighted by molar-refractivity contribution is 6.33. The fourth-order valence-corrected chi connectivity index (χ4v) is 3.34. The number of benzene rings is 1. The van der Waals surface area contributed by atoms with Crippen LogP contribution in [0.4, 0.5) is 5.69 Å². The molecule has 0 radical (unpaired) electrons. The second kappa shape index (κ2) is 6.62. The molecule has 2 nitrogen and oxygen atoms in total. The van der Waals surface area contributed by atoms with Crippen molar-refractivity contribution in [2.75, 3.05) is 11.4 Å². The Morgan fingerprint density at radius 3 is 2.84 bits per heavy atom. The predicted molar refractivity (Wildman–Crippen MR) is 84.1 cm³/mol. The molecule has 1 saturated heterocycles. The van der Waals surface area contributed by atoms with E-state index in [2.05, 4.69) is 30.0 Å². The van der Waals surface area contributed by atoms with Gasteiger partial charge >= 0.3 is 0 Å². The highest BCUT2D eigenvalue weighted by atomic mass is 35.5. The summed E-state index contributed by atoms with van der Waals surface area (Å²) < 4.78 is 0. The average Bonchev–Trinajstić information content (AvgIpc) is 2.38. The van der Waals surface area contributed by atoms with Gasteiger partial charge in [0.15, 0.2) is 0 Å². The molecule has 1 heterocycles. The van der Waals surface area contributed by atoms with E-state index in [0.717, 1.165) is 18.0 Å². The normalized spacial score (nSPS) is 21.5. The maximum atomic E-state index is 6.49. The minimum Gasteiger partial charge on any atom is -0.367 e. The average molecular weight is 281 g/mol. The lowest BCUT2D eigenvalue weighted by molar-refractivity contribution is 0.450. The smallest absolute Gasteiger partial charge is 0.0642 e. The Morgan fingerprint density at radius 2 is 2.21 bits per heavy atom. The molecule has 1 aliphatic heterocycles. The maximum Gasteiger partial charge on any atom is 0.0642 e. The number of nitrogens with zero attached hydrogens (tertiary/aromatic N) is 1. The van der Waals surface area contributed by atoms with E-state index in [0.29, 0.717) is 6.04 Å². The molecule has 0 spiro atoms. The van der Waals surface area contributed by atoms with E-state index in [-0.39, 0.29) is 6.04 Å². The van der Waals surface area contributed by atoms with Crippen molar-refractivity contribution < 1.29 is 0 Å². The van der Waals surface area contributed by atoms with Crippen molar-refractivity contribution in [1.82, 2.24) is 0 Å². The summed E-state index contributed by atoms with van der Waals surface area (Å²) in [6.45, 7) is 5.42. The molecule has 1 aromatic carbocycles. The molecule has 2 rings (SSSR count). The lowest BCUT2D eigenvalue weighted by atomic mass is 9.98. The fraction of sp³-hybridized carbons (Fsp3) is 0.625. The van der Waals surface area contributed by atoms with Crippen molar-refractivity contribution in [3.8, 4) is 0 Å². The van der Waals surface area contributed by atoms with Gasteiger partial charge in [0.05, 0.1) is 10.7 Å². The Kier molecular flexibility index (Phi) is 5.12. The first-order chi connectivity index (χ1) is 9.11. The molecule has 1 fully saturated rings. The van der Waals surface area contributed by atoms with Crippen LogP contribution in [0.2, 0.25) is 5.02 Å². The van der Waals surface area contributed by atoms with Crippen LogP contribution in [0.3, 0.4) is 0 Å². The molecule has 0 saturated carbocycles. The summed E-state index contributed by atoms with van der Waals surface area (Å²) in [4.78, 5) is 2.49. The van der Waals surface area contributed by atoms with Crippen LogP contribution in [0.15, 0.2) is 18.2 Å². The zero-order valence-corrected chi connectivity index (χ0v) is 12.8. The third kappa shape index (κ3) is 3.64. The van der Waals surface area contributed by atoms with Gasteiger partial charge in [0.2, 0.25) is 0 Å². The van der Waals surface area contributed by atoms with Crippen molar-refractivity contribution in [2.24, 2.45) is 5.73 Å². The summed E-state index contributed by atoms with van der Waals surface area (Å²) in [6, 6.07) is 7.26. The summed E-state index contributed by atoms with van der Waals surface area (Å²) >= 11 is 6.49. The second-order valence-electron chi connectivity index (χ2n) is 5.72. The van der Waals surface area contributed by atoms with Crippen LogP contribution in [0.1, 0.15) is 45.1 Å². The molecular formula is C16H25ClN2. The summed E-state index contributed by atoms with van der Waals surface area (Å²) in [5.41, 5.74) is 8.27. The van der Waals surface area contributed by atoms with Crippen LogP contribution in [-0.2, 0) is 6.42 Å². The minimum absolute atomic E-state index is 0.181. The molecule has 0 amide bonds. The van der Waals surface area contributed by atoms with E-state index in [1.807, 2.05) is 6.92 Å². The first-order valence-electron chi connectivity index (χ1n) is 7.42. The molecule has 0 bridgehead atoms. The van der Waals surface area contributed by atoms with Crippen molar-refractivity contribution in [3.05, 3.63) is 28.8 Å². The molecule has 2 atom stereocenters. The number of hydrogen-bond acceptors (Lipinski definition) is 2. The van der Waals surface area contributed by atoms with Crippen molar-refractivity contribution in [1.29, 1.82) is 0 Å². The Bertz CT molecular complexity index is 417. The summed E-state index contributed by atoms with van der Waals surface area (Å²) in [5, 5.41) is 0.874. The van der Waals surface area contributed by atoms with Crippen molar-refractivity contribution >= 4 is 17.3 Å². The van der Waals surface area contributed by atoms with Gasteiger partial charge in [-0.05, 0) is 56.7 Å². The van der Waals surface area contributed by atoms with E-state index in [9.17, 15) is 0 Å². The number of halogens is 1. The van der Waals surface area contributed by atoms with Gasteiger partial charge in [0.1, 0.15) is 0 Å². The largest absolute Gasteiger partial charge is 0.367 e. The van der Waals surface area contributed by atoms with Crippen LogP contribution in [-0.4, -0.2) is 18.6 Å². The molecule has 1 aliphatic rings. The van der Waals surface area contributed by atoms with E-state index >= 15 is 0 Å². The SMILES string of the molecule is CCC1CCCCN1c1ccc(CC(C)N)cc1Cl. The molecule has 1 aromatic rings. The maximum absolute atomic E-state index is 6.49. The number of rotatable bonds is 4. The topological polar surface area (TPSA) is 29.3 Å². The van der Waals surface area contributed by atoms with E-state index in [4.69, 9.17) is 17.3 Å². The highest BCUT2D eigenvalue weighted by Crippen LogP contribution is 2.33. The monoisotopic (exact) mass is 280 g/mol. The summed E-state index contributed by atoms with van der Waals surface area (Å²) in [6.07, 6.45) is 5.98. The van der Waals surface area contributed by atoms with Crippen LogP contribution in [0, 0.1) is 0 Å². The molecule has 0 aliphatic carbocycles. The van der Waals surface area contributed by atoms with E-state index in [1.54, 1.807) is 0 Å². The van der Waals surface area contributed by atoms with Gasteiger partial charge in [-0.25, -0.2) is 0 Å². The lowest BCUT2D eigenvalue weighted by Gasteiger charge is -2.37.